The summed E-state index contributed by atoms with van der Waals surface area (Å²) in [6.07, 6.45) is 0.701. The molecular formula is C15H13Cl4NO. The topological polar surface area (TPSA) is 35.2 Å². The van der Waals surface area contributed by atoms with Crippen LogP contribution >= 0.6 is 46.4 Å². The molecule has 0 radical (unpaired) electrons. The van der Waals surface area contributed by atoms with Gasteiger partial charge in [0.05, 0.1) is 15.1 Å². The van der Waals surface area contributed by atoms with Crippen molar-refractivity contribution >= 4 is 46.4 Å². The molecule has 2 aromatic rings. The minimum atomic E-state index is 0.0405. The molecule has 6 heteroatoms. The Morgan fingerprint density at radius 3 is 2.24 bits per heavy atom. The van der Waals surface area contributed by atoms with E-state index >= 15 is 0 Å². The summed E-state index contributed by atoms with van der Waals surface area (Å²) < 4.78 is 5.70. The third-order valence-corrected chi connectivity index (χ3v) is 4.14. The number of halogens is 4. The summed E-state index contributed by atoms with van der Waals surface area (Å²) >= 11 is 24.1. The molecule has 2 N–H and O–H groups in total. The van der Waals surface area contributed by atoms with Crippen molar-refractivity contribution in [3.05, 3.63) is 56.0 Å². The summed E-state index contributed by atoms with van der Waals surface area (Å²) in [7, 11) is 0. The van der Waals surface area contributed by atoms with Crippen molar-refractivity contribution in [3.8, 4) is 11.5 Å². The van der Waals surface area contributed by atoms with Gasteiger partial charge in [-0.3, -0.25) is 0 Å². The van der Waals surface area contributed by atoms with Crippen LogP contribution in [-0.4, -0.2) is 6.04 Å². The van der Waals surface area contributed by atoms with E-state index in [1.807, 2.05) is 19.1 Å². The summed E-state index contributed by atoms with van der Waals surface area (Å²) in [6.45, 7) is 1.93. The van der Waals surface area contributed by atoms with Crippen LogP contribution in [0.3, 0.4) is 0 Å². The quantitative estimate of drug-likeness (QED) is 0.677. The van der Waals surface area contributed by atoms with Gasteiger partial charge in [-0.15, -0.1) is 0 Å². The summed E-state index contributed by atoms with van der Waals surface area (Å²) in [5.74, 6) is 0.982. The Balaban J connectivity index is 2.24. The first-order valence-electron chi connectivity index (χ1n) is 6.23. The van der Waals surface area contributed by atoms with E-state index in [-0.39, 0.29) is 6.04 Å². The average Bonchev–Trinajstić information content (AvgIpc) is 2.39. The van der Waals surface area contributed by atoms with Crippen LogP contribution in [0.25, 0.3) is 0 Å². The van der Waals surface area contributed by atoms with E-state index in [1.54, 1.807) is 12.1 Å². The fraction of sp³-hybridized carbons (Fsp3) is 0.200. The molecule has 2 aromatic carbocycles. The molecule has 2 nitrogen and oxygen atoms in total. The molecule has 0 saturated heterocycles. The number of ether oxygens (including phenoxy) is 1. The van der Waals surface area contributed by atoms with Gasteiger partial charge >= 0.3 is 0 Å². The molecule has 1 unspecified atom stereocenters. The average molecular weight is 365 g/mol. The zero-order valence-electron chi connectivity index (χ0n) is 11.2. The molecular weight excluding hydrogens is 352 g/mol. The SMILES string of the molecule is CC(N)Cc1ccc(Oc2cc(Cl)c(Cl)cc2Cl)cc1Cl. The van der Waals surface area contributed by atoms with Crippen molar-refractivity contribution in [3.63, 3.8) is 0 Å². The van der Waals surface area contributed by atoms with Gasteiger partial charge in [0, 0.05) is 17.1 Å². The van der Waals surface area contributed by atoms with E-state index < -0.39 is 0 Å². The molecule has 0 spiro atoms. The van der Waals surface area contributed by atoms with Crippen LogP contribution in [0.1, 0.15) is 12.5 Å². The first-order chi connectivity index (χ1) is 9.86. The summed E-state index contributed by atoms with van der Waals surface area (Å²) in [4.78, 5) is 0. The Morgan fingerprint density at radius 1 is 0.952 bits per heavy atom. The first-order valence-corrected chi connectivity index (χ1v) is 7.74. The maximum Gasteiger partial charge on any atom is 0.147 e. The molecule has 0 aromatic heterocycles. The lowest BCUT2D eigenvalue weighted by molar-refractivity contribution is 0.482. The molecule has 0 bridgehead atoms. The largest absolute Gasteiger partial charge is 0.456 e. The summed E-state index contributed by atoms with van der Waals surface area (Å²) in [6, 6.07) is 8.55. The fourth-order valence-corrected chi connectivity index (χ4v) is 2.64. The second kappa shape index (κ2) is 7.08. The van der Waals surface area contributed by atoms with Gasteiger partial charge in [-0.25, -0.2) is 0 Å². The number of nitrogens with two attached hydrogens (primary N) is 1. The van der Waals surface area contributed by atoms with Crippen molar-refractivity contribution in [1.29, 1.82) is 0 Å². The minimum absolute atomic E-state index is 0.0405. The lowest BCUT2D eigenvalue weighted by Gasteiger charge is -2.12. The van der Waals surface area contributed by atoms with Crippen LogP contribution in [0.4, 0.5) is 0 Å². The lowest BCUT2D eigenvalue weighted by atomic mass is 10.1. The molecule has 0 aliphatic rings. The van der Waals surface area contributed by atoms with Crippen LogP contribution < -0.4 is 10.5 Å². The maximum atomic E-state index is 6.22. The van der Waals surface area contributed by atoms with Crippen LogP contribution in [0.15, 0.2) is 30.3 Å². The molecule has 112 valence electrons. The van der Waals surface area contributed by atoms with E-state index in [2.05, 4.69) is 0 Å². The second-order valence-electron chi connectivity index (χ2n) is 4.73. The molecule has 2 rings (SSSR count). The van der Waals surface area contributed by atoms with Crippen molar-refractivity contribution in [2.75, 3.05) is 0 Å². The first kappa shape index (κ1) is 16.7. The molecule has 1 atom stereocenters. The normalized spacial score (nSPS) is 12.3. The van der Waals surface area contributed by atoms with Gasteiger partial charge in [0.15, 0.2) is 0 Å². The number of hydrogen-bond donors (Lipinski definition) is 1. The summed E-state index contributed by atoms with van der Waals surface area (Å²) in [5.41, 5.74) is 6.74. The Bertz CT molecular complexity index is 658. The van der Waals surface area contributed by atoms with Gasteiger partial charge < -0.3 is 10.5 Å². The molecule has 0 fully saturated rings. The molecule has 0 aliphatic carbocycles. The zero-order valence-corrected chi connectivity index (χ0v) is 14.2. The maximum absolute atomic E-state index is 6.22. The predicted molar refractivity (Wildman–Crippen MR) is 90.4 cm³/mol. The van der Waals surface area contributed by atoms with E-state index in [4.69, 9.17) is 56.9 Å². The Morgan fingerprint density at radius 2 is 1.62 bits per heavy atom. The third kappa shape index (κ3) is 4.41. The van der Waals surface area contributed by atoms with Gasteiger partial charge in [0.25, 0.3) is 0 Å². The van der Waals surface area contributed by atoms with Crippen molar-refractivity contribution in [2.45, 2.75) is 19.4 Å². The number of benzene rings is 2. The highest BCUT2D eigenvalue weighted by molar-refractivity contribution is 6.43. The highest BCUT2D eigenvalue weighted by Crippen LogP contribution is 2.37. The predicted octanol–water partition coefficient (Wildman–Crippen LogP) is 5.98. The molecule has 0 saturated carbocycles. The van der Waals surface area contributed by atoms with Crippen LogP contribution in [0, 0.1) is 0 Å². The van der Waals surface area contributed by atoms with Crippen molar-refractivity contribution in [1.82, 2.24) is 0 Å². The van der Waals surface area contributed by atoms with Crippen LogP contribution in [0.2, 0.25) is 20.1 Å². The monoisotopic (exact) mass is 363 g/mol. The van der Waals surface area contributed by atoms with Crippen molar-refractivity contribution < 1.29 is 4.74 Å². The minimum Gasteiger partial charge on any atom is -0.456 e. The summed E-state index contributed by atoms with van der Waals surface area (Å²) in [5, 5.41) is 1.72. The lowest BCUT2D eigenvalue weighted by Crippen LogP contribution is -2.17. The standard InChI is InChI=1S/C15H13Cl4NO/c1-8(20)4-9-2-3-10(5-11(9)16)21-15-7-13(18)12(17)6-14(15)19/h2-3,5-8H,4,20H2,1H3. The fourth-order valence-electron chi connectivity index (χ4n) is 1.81. The van der Waals surface area contributed by atoms with E-state index in [0.717, 1.165) is 5.56 Å². The third-order valence-electron chi connectivity index (χ3n) is 2.77. The van der Waals surface area contributed by atoms with Gasteiger partial charge in [0.1, 0.15) is 11.5 Å². The van der Waals surface area contributed by atoms with E-state index in [0.29, 0.717) is 38.0 Å². The smallest absolute Gasteiger partial charge is 0.147 e. The Labute approximate surface area is 143 Å². The zero-order chi connectivity index (χ0) is 15.6. The van der Waals surface area contributed by atoms with Crippen LogP contribution in [-0.2, 0) is 6.42 Å². The van der Waals surface area contributed by atoms with E-state index in [9.17, 15) is 0 Å². The van der Waals surface area contributed by atoms with Crippen LogP contribution in [0.5, 0.6) is 11.5 Å². The Kier molecular flexibility index (Phi) is 5.64. The number of rotatable bonds is 4. The highest BCUT2D eigenvalue weighted by Gasteiger charge is 2.10. The van der Waals surface area contributed by atoms with Gasteiger partial charge in [-0.2, -0.15) is 0 Å². The molecule has 0 amide bonds. The van der Waals surface area contributed by atoms with Gasteiger partial charge in [-0.05, 0) is 37.1 Å². The van der Waals surface area contributed by atoms with E-state index in [1.165, 1.54) is 6.07 Å². The molecule has 0 heterocycles. The van der Waals surface area contributed by atoms with Gasteiger partial charge in [-0.1, -0.05) is 52.5 Å². The van der Waals surface area contributed by atoms with Crippen molar-refractivity contribution in [2.24, 2.45) is 5.73 Å². The Hall–Kier alpha value is -0.640. The molecule has 0 aliphatic heterocycles. The highest BCUT2D eigenvalue weighted by atomic mass is 35.5. The second-order valence-corrected chi connectivity index (χ2v) is 6.36. The van der Waals surface area contributed by atoms with Gasteiger partial charge in [0.2, 0.25) is 0 Å². The molecule has 21 heavy (non-hydrogen) atoms. The number of hydrogen-bond acceptors (Lipinski definition) is 2.